The first-order chi connectivity index (χ1) is 9.34. The predicted molar refractivity (Wildman–Crippen MR) is 76.2 cm³/mol. The van der Waals surface area contributed by atoms with E-state index in [1.165, 1.54) is 11.3 Å². The van der Waals surface area contributed by atoms with Crippen LogP contribution in [0.1, 0.15) is 18.5 Å². The van der Waals surface area contributed by atoms with Gasteiger partial charge in [-0.3, -0.25) is 0 Å². The fourth-order valence-electron chi connectivity index (χ4n) is 2.26. The average Bonchev–Trinajstić information content (AvgIpc) is 2.98. The van der Waals surface area contributed by atoms with Crippen LogP contribution in [0.25, 0.3) is 5.69 Å². The van der Waals surface area contributed by atoms with Crippen LogP contribution in [0, 0.1) is 0 Å². The molecule has 0 saturated heterocycles. The topological polar surface area (TPSA) is 8.81 Å². The van der Waals surface area contributed by atoms with E-state index in [4.69, 9.17) is 0 Å². The van der Waals surface area contributed by atoms with Crippen molar-refractivity contribution in [3.63, 3.8) is 0 Å². The zero-order valence-corrected chi connectivity index (χ0v) is 11.0. The lowest BCUT2D eigenvalue weighted by atomic mass is 10.1. The van der Waals surface area contributed by atoms with Crippen LogP contribution in [-0.4, -0.2) is 4.57 Å². The highest BCUT2D eigenvalue weighted by atomic mass is 15.1. The molecule has 3 rings (SSSR count). The molecule has 2 heteroatoms. The molecular formula is C17H17N2+. The molecule has 0 radical (unpaired) electrons. The first-order valence-electron chi connectivity index (χ1n) is 6.54. The summed E-state index contributed by atoms with van der Waals surface area (Å²) in [5.74, 6) is 0. The Morgan fingerprint density at radius 2 is 1.53 bits per heavy atom. The summed E-state index contributed by atoms with van der Waals surface area (Å²) in [4.78, 5) is 0. The molecule has 0 aliphatic carbocycles. The summed E-state index contributed by atoms with van der Waals surface area (Å²) in [5.41, 5.74) is 2.50. The van der Waals surface area contributed by atoms with Crippen LogP contribution in [0.4, 0.5) is 0 Å². The SMILES string of the molecule is C[C@H](c1ccccc1)[n+]1ccn(-c2ccccc2)c1. The van der Waals surface area contributed by atoms with Crippen molar-refractivity contribution in [1.82, 2.24) is 4.57 Å². The molecule has 2 nitrogen and oxygen atoms in total. The molecule has 0 amide bonds. The maximum atomic E-state index is 2.22. The molecular weight excluding hydrogens is 232 g/mol. The van der Waals surface area contributed by atoms with Crippen molar-refractivity contribution in [2.45, 2.75) is 13.0 Å². The maximum absolute atomic E-state index is 2.22. The van der Waals surface area contributed by atoms with Crippen molar-refractivity contribution in [1.29, 1.82) is 0 Å². The third kappa shape index (κ3) is 2.43. The molecule has 19 heavy (non-hydrogen) atoms. The normalized spacial score (nSPS) is 12.3. The van der Waals surface area contributed by atoms with Gasteiger partial charge in [-0.15, -0.1) is 0 Å². The Morgan fingerprint density at radius 3 is 2.21 bits per heavy atom. The lowest BCUT2D eigenvalue weighted by molar-refractivity contribution is -0.709. The lowest BCUT2D eigenvalue weighted by Crippen LogP contribution is -2.36. The molecule has 0 saturated carbocycles. The second-order valence-corrected chi connectivity index (χ2v) is 4.69. The minimum absolute atomic E-state index is 0.339. The van der Waals surface area contributed by atoms with Gasteiger partial charge in [-0.25, -0.2) is 9.13 Å². The number of imidazole rings is 1. The highest BCUT2D eigenvalue weighted by molar-refractivity contribution is 5.30. The van der Waals surface area contributed by atoms with E-state index in [2.05, 4.69) is 89.4 Å². The minimum Gasteiger partial charge on any atom is -0.230 e. The van der Waals surface area contributed by atoms with Crippen LogP contribution in [0.15, 0.2) is 79.4 Å². The van der Waals surface area contributed by atoms with Crippen LogP contribution in [0.3, 0.4) is 0 Å². The van der Waals surface area contributed by atoms with Gasteiger partial charge in [0.2, 0.25) is 6.33 Å². The molecule has 94 valence electrons. The average molecular weight is 249 g/mol. The van der Waals surface area contributed by atoms with Gasteiger partial charge in [0.05, 0.1) is 0 Å². The minimum atomic E-state index is 0.339. The van der Waals surface area contributed by atoms with Gasteiger partial charge >= 0.3 is 0 Å². The standard InChI is InChI=1S/C17H17N2/c1-15(16-8-4-2-5-9-16)18-12-13-19(14-18)17-10-6-3-7-11-17/h2-15H,1H3/q+1/t15-/m1/s1. The lowest BCUT2D eigenvalue weighted by Gasteiger charge is -2.07. The molecule has 1 aromatic heterocycles. The van der Waals surface area contributed by atoms with Gasteiger partial charge in [0.25, 0.3) is 0 Å². The van der Waals surface area contributed by atoms with Crippen LogP contribution < -0.4 is 4.57 Å². The molecule has 0 spiro atoms. The molecule has 0 bridgehead atoms. The van der Waals surface area contributed by atoms with Crippen LogP contribution in [0.2, 0.25) is 0 Å². The maximum Gasteiger partial charge on any atom is 0.249 e. The van der Waals surface area contributed by atoms with E-state index < -0.39 is 0 Å². The Kier molecular flexibility index (Phi) is 3.15. The molecule has 1 heterocycles. The Balaban J connectivity index is 1.90. The Bertz CT molecular complexity index is 641. The summed E-state index contributed by atoms with van der Waals surface area (Å²) in [6.07, 6.45) is 6.34. The summed E-state index contributed by atoms with van der Waals surface area (Å²) in [6, 6.07) is 21.3. The number of hydrogen-bond acceptors (Lipinski definition) is 0. The molecule has 2 aromatic carbocycles. The van der Waals surface area contributed by atoms with E-state index >= 15 is 0 Å². The molecule has 0 unspecified atom stereocenters. The van der Waals surface area contributed by atoms with Crippen molar-refractivity contribution < 1.29 is 4.57 Å². The molecule has 0 aliphatic rings. The van der Waals surface area contributed by atoms with E-state index in [1.807, 2.05) is 6.07 Å². The summed E-state index contributed by atoms with van der Waals surface area (Å²) < 4.78 is 4.36. The van der Waals surface area contributed by atoms with Gasteiger partial charge in [-0.1, -0.05) is 48.5 Å². The number of hydrogen-bond donors (Lipinski definition) is 0. The zero-order chi connectivity index (χ0) is 13.1. The molecule has 1 atom stereocenters. The number of benzene rings is 2. The molecule has 0 fully saturated rings. The molecule has 0 aliphatic heterocycles. The smallest absolute Gasteiger partial charge is 0.230 e. The summed E-state index contributed by atoms with van der Waals surface area (Å²) in [6.45, 7) is 2.21. The van der Waals surface area contributed by atoms with E-state index in [1.54, 1.807) is 0 Å². The van der Waals surface area contributed by atoms with Gasteiger partial charge < -0.3 is 0 Å². The Morgan fingerprint density at radius 1 is 0.895 bits per heavy atom. The van der Waals surface area contributed by atoms with Gasteiger partial charge in [0.15, 0.2) is 0 Å². The van der Waals surface area contributed by atoms with Crippen molar-refractivity contribution in [2.24, 2.45) is 0 Å². The van der Waals surface area contributed by atoms with Crippen molar-refractivity contribution in [3.05, 3.63) is 84.9 Å². The van der Waals surface area contributed by atoms with Crippen molar-refractivity contribution in [2.75, 3.05) is 0 Å². The summed E-state index contributed by atoms with van der Waals surface area (Å²) >= 11 is 0. The summed E-state index contributed by atoms with van der Waals surface area (Å²) in [7, 11) is 0. The number of rotatable bonds is 3. The van der Waals surface area contributed by atoms with Crippen LogP contribution in [-0.2, 0) is 0 Å². The Hall–Kier alpha value is -2.35. The van der Waals surface area contributed by atoms with Crippen LogP contribution in [0.5, 0.6) is 0 Å². The number of aromatic nitrogens is 2. The van der Waals surface area contributed by atoms with E-state index in [0.717, 1.165) is 0 Å². The quantitative estimate of drug-likeness (QED) is 0.629. The number of para-hydroxylation sites is 1. The van der Waals surface area contributed by atoms with E-state index in [0.29, 0.717) is 6.04 Å². The number of nitrogens with zero attached hydrogens (tertiary/aromatic N) is 2. The summed E-state index contributed by atoms with van der Waals surface area (Å²) in [5, 5.41) is 0. The first kappa shape index (κ1) is 11.7. The van der Waals surface area contributed by atoms with Crippen molar-refractivity contribution in [3.8, 4) is 5.69 Å². The second-order valence-electron chi connectivity index (χ2n) is 4.69. The molecule has 3 aromatic rings. The van der Waals surface area contributed by atoms with E-state index in [9.17, 15) is 0 Å². The largest absolute Gasteiger partial charge is 0.249 e. The third-order valence-corrected chi connectivity index (χ3v) is 3.44. The van der Waals surface area contributed by atoms with Crippen molar-refractivity contribution >= 4 is 0 Å². The highest BCUT2D eigenvalue weighted by Crippen LogP contribution is 2.12. The monoisotopic (exact) mass is 249 g/mol. The van der Waals surface area contributed by atoms with Gasteiger partial charge in [0, 0.05) is 0 Å². The van der Waals surface area contributed by atoms with Gasteiger partial charge in [-0.05, 0) is 24.6 Å². The highest BCUT2D eigenvalue weighted by Gasteiger charge is 2.14. The van der Waals surface area contributed by atoms with Crippen LogP contribution >= 0.6 is 0 Å². The second kappa shape index (κ2) is 5.11. The molecule has 0 N–H and O–H groups in total. The Labute approximate surface area is 113 Å². The fraction of sp³-hybridized carbons (Fsp3) is 0.118. The third-order valence-electron chi connectivity index (χ3n) is 3.44. The predicted octanol–water partition coefficient (Wildman–Crippen LogP) is 3.37. The fourth-order valence-corrected chi connectivity index (χ4v) is 2.26. The van der Waals surface area contributed by atoms with Gasteiger partial charge in [-0.2, -0.15) is 0 Å². The zero-order valence-electron chi connectivity index (χ0n) is 11.0. The van der Waals surface area contributed by atoms with Gasteiger partial charge in [0.1, 0.15) is 24.1 Å². The first-order valence-corrected chi connectivity index (χ1v) is 6.54. The van der Waals surface area contributed by atoms with E-state index in [-0.39, 0.29) is 0 Å².